The maximum Gasteiger partial charge on any atom is 0.235 e. The third-order valence-electron chi connectivity index (χ3n) is 3.50. The lowest BCUT2D eigenvalue weighted by atomic mass is 9.99. The van der Waals surface area contributed by atoms with Crippen molar-refractivity contribution < 1.29 is 17.9 Å². The van der Waals surface area contributed by atoms with Crippen molar-refractivity contribution in [1.29, 1.82) is 0 Å². The summed E-state index contributed by atoms with van der Waals surface area (Å²) in [5.74, 6) is -0.328. The molecule has 0 saturated heterocycles. The quantitative estimate of drug-likeness (QED) is 0.839. The van der Waals surface area contributed by atoms with Gasteiger partial charge in [0.2, 0.25) is 15.9 Å². The normalized spacial score (nSPS) is 18.3. The van der Waals surface area contributed by atoms with E-state index in [4.69, 9.17) is 4.74 Å². The van der Waals surface area contributed by atoms with E-state index in [1.54, 1.807) is 0 Å². The Balaban J connectivity index is 1.81. The number of hydrogen-bond donors (Lipinski definition) is 1. The lowest BCUT2D eigenvalue weighted by molar-refractivity contribution is -0.121. The second kappa shape index (κ2) is 6.55. The molecule has 2 rings (SSSR count). The Morgan fingerprint density at radius 2 is 2.05 bits per heavy atom. The van der Waals surface area contributed by atoms with Gasteiger partial charge in [0, 0.05) is 20.0 Å². The first kappa shape index (κ1) is 15.9. The predicted octanol–water partition coefficient (Wildman–Crippen LogP) is 0.136. The van der Waals surface area contributed by atoms with Crippen LogP contribution >= 0.6 is 0 Å². The van der Waals surface area contributed by atoms with E-state index in [1.165, 1.54) is 18.2 Å². The summed E-state index contributed by atoms with van der Waals surface area (Å²) >= 11 is 0. The first-order valence-corrected chi connectivity index (χ1v) is 8.57. The van der Waals surface area contributed by atoms with Gasteiger partial charge in [-0.05, 0) is 11.1 Å². The first-order chi connectivity index (χ1) is 9.86. The highest BCUT2D eigenvalue weighted by Gasteiger charge is 2.20. The summed E-state index contributed by atoms with van der Waals surface area (Å²) in [6.07, 6.45) is 1.74. The number of carbonyl (C=O) groups excluding carboxylic acids is 1. The Morgan fingerprint density at radius 3 is 2.71 bits per heavy atom. The molecule has 0 bridgehead atoms. The Bertz CT molecular complexity index is 615. The van der Waals surface area contributed by atoms with Crippen molar-refractivity contribution in [3.05, 3.63) is 35.4 Å². The van der Waals surface area contributed by atoms with E-state index in [0.717, 1.165) is 17.0 Å². The summed E-state index contributed by atoms with van der Waals surface area (Å²) < 4.78 is 29.2. The van der Waals surface area contributed by atoms with Crippen molar-refractivity contribution in [3.63, 3.8) is 0 Å². The number of carbonyl (C=O) groups is 1. The van der Waals surface area contributed by atoms with E-state index >= 15 is 0 Å². The summed E-state index contributed by atoms with van der Waals surface area (Å²) in [7, 11) is -1.96. The predicted molar refractivity (Wildman–Crippen MR) is 79.2 cm³/mol. The third kappa shape index (κ3) is 4.52. The van der Waals surface area contributed by atoms with E-state index in [1.807, 2.05) is 18.2 Å². The Morgan fingerprint density at radius 1 is 1.38 bits per heavy atom. The number of sulfonamides is 1. The van der Waals surface area contributed by atoms with Crippen molar-refractivity contribution in [1.82, 2.24) is 9.62 Å². The fraction of sp³-hybridized carbons (Fsp3) is 0.500. The van der Waals surface area contributed by atoms with Crippen LogP contribution in [0.25, 0.3) is 0 Å². The van der Waals surface area contributed by atoms with Gasteiger partial charge in [-0.3, -0.25) is 4.79 Å². The Hall–Kier alpha value is -1.44. The van der Waals surface area contributed by atoms with Crippen LogP contribution in [0.5, 0.6) is 0 Å². The molecular weight excluding hydrogens is 292 g/mol. The van der Waals surface area contributed by atoms with Gasteiger partial charge in [0.1, 0.15) is 0 Å². The van der Waals surface area contributed by atoms with Gasteiger partial charge in [0.05, 0.1) is 25.5 Å². The average Bonchev–Trinajstić information content (AvgIpc) is 2.44. The molecule has 1 amide bonds. The van der Waals surface area contributed by atoms with Crippen molar-refractivity contribution in [2.24, 2.45) is 0 Å². The minimum Gasteiger partial charge on any atom is -0.371 e. The maximum absolute atomic E-state index is 11.7. The zero-order valence-electron chi connectivity index (χ0n) is 12.2. The fourth-order valence-corrected chi connectivity index (χ4v) is 2.50. The molecule has 21 heavy (non-hydrogen) atoms. The second-order valence-corrected chi connectivity index (χ2v) is 7.32. The van der Waals surface area contributed by atoms with Gasteiger partial charge in [-0.25, -0.2) is 8.42 Å². The molecule has 1 aliphatic heterocycles. The zero-order chi connectivity index (χ0) is 15.5. The van der Waals surface area contributed by atoms with E-state index in [9.17, 15) is 13.2 Å². The molecule has 0 radical (unpaired) electrons. The Kier molecular flexibility index (Phi) is 4.97. The fourth-order valence-electron chi connectivity index (χ4n) is 2.14. The van der Waals surface area contributed by atoms with Gasteiger partial charge in [0.25, 0.3) is 0 Å². The molecule has 116 valence electrons. The molecule has 1 aromatic carbocycles. The number of fused-ring (bicyclic) bond motifs is 1. The summed E-state index contributed by atoms with van der Waals surface area (Å²) in [4.78, 5) is 11.7. The minimum atomic E-state index is -3.34. The summed E-state index contributed by atoms with van der Waals surface area (Å²) in [5, 5.41) is 2.72. The molecule has 0 fully saturated rings. The SMILES string of the molecule is CN(CC(=O)NC[C@@H]1Cc2ccccc2CO1)S(C)(=O)=O. The molecule has 0 saturated carbocycles. The van der Waals surface area contributed by atoms with Crippen LogP contribution in [0.1, 0.15) is 11.1 Å². The monoisotopic (exact) mass is 312 g/mol. The van der Waals surface area contributed by atoms with Gasteiger partial charge >= 0.3 is 0 Å². The molecule has 7 heteroatoms. The standard InChI is InChI=1S/C14H20N2O4S/c1-16(21(2,18)19)9-14(17)15-8-13-7-11-5-3-4-6-12(11)10-20-13/h3-6,13H,7-10H2,1-2H3,(H,15,17)/t13-/m0/s1. The molecule has 1 atom stereocenters. The molecule has 0 unspecified atom stereocenters. The molecule has 6 nitrogen and oxygen atoms in total. The van der Waals surface area contributed by atoms with Gasteiger partial charge in [-0.1, -0.05) is 24.3 Å². The van der Waals surface area contributed by atoms with E-state index in [-0.39, 0.29) is 18.6 Å². The van der Waals surface area contributed by atoms with Gasteiger partial charge in [-0.15, -0.1) is 0 Å². The largest absolute Gasteiger partial charge is 0.371 e. The number of nitrogens with one attached hydrogen (secondary N) is 1. The molecule has 0 spiro atoms. The molecule has 1 heterocycles. The number of rotatable bonds is 5. The highest BCUT2D eigenvalue weighted by molar-refractivity contribution is 7.88. The summed E-state index contributed by atoms with van der Waals surface area (Å²) in [6, 6.07) is 8.06. The third-order valence-corrected chi connectivity index (χ3v) is 4.76. The number of likely N-dealkylation sites (N-methyl/N-ethyl adjacent to an activating group) is 1. The number of hydrogen-bond acceptors (Lipinski definition) is 4. The topological polar surface area (TPSA) is 75.7 Å². The van der Waals surface area contributed by atoms with E-state index in [2.05, 4.69) is 11.4 Å². The molecule has 1 aromatic rings. The molecule has 1 N–H and O–H groups in total. The molecule has 1 aliphatic rings. The lowest BCUT2D eigenvalue weighted by Gasteiger charge is -2.25. The van der Waals surface area contributed by atoms with Crippen LogP contribution in [-0.4, -0.2) is 51.1 Å². The van der Waals surface area contributed by atoms with Gasteiger partial charge in [0.15, 0.2) is 0 Å². The Labute approximate surface area is 125 Å². The summed E-state index contributed by atoms with van der Waals surface area (Å²) in [6.45, 7) is 0.743. The zero-order valence-corrected chi connectivity index (χ0v) is 13.0. The van der Waals surface area contributed by atoms with Crippen LogP contribution < -0.4 is 5.32 Å². The number of amides is 1. The molecule has 0 aliphatic carbocycles. The number of benzene rings is 1. The van der Waals surface area contributed by atoms with Crippen LogP contribution in [0.3, 0.4) is 0 Å². The van der Waals surface area contributed by atoms with Crippen molar-refractivity contribution in [2.75, 3.05) is 26.4 Å². The minimum absolute atomic E-state index is 0.0765. The van der Waals surface area contributed by atoms with Crippen LogP contribution in [-0.2, 0) is 32.6 Å². The summed E-state index contributed by atoms with van der Waals surface area (Å²) in [5.41, 5.74) is 2.41. The van der Waals surface area contributed by atoms with Crippen LogP contribution in [0, 0.1) is 0 Å². The number of ether oxygens (including phenoxy) is 1. The maximum atomic E-state index is 11.7. The second-order valence-electron chi connectivity index (χ2n) is 5.23. The van der Waals surface area contributed by atoms with Crippen LogP contribution in [0.4, 0.5) is 0 Å². The van der Waals surface area contributed by atoms with E-state index < -0.39 is 10.0 Å². The van der Waals surface area contributed by atoms with Crippen LogP contribution in [0.15, 0.2) is 24.3 Å². The average molecular weight is 312 g/mol. The van der Waals surface area contributed by atoms with Crippen molar-refractivity contribution >= 4 is 15.9 Å². The number of nitrogens with zero attached hydrogens (tertiary/aromatic N) is 1. The van der Waals surface area contributed by atoms with Crippen molar-refractivity contribution in [2.45, 2.75) is 19.1 Å². The van der Waals surface area contributed by atoms with E-state index in [0.29, 0.717) is 13.2 Å². The highest BCUT2D eigenvalue weighted by Crippen LogP contribution is 2.19. The smallest absolute Gasteiger partial charge is 0.235 e. The first-order valence-electron chi connectivity index (χ1n) is 6.72. The lowest BCUT2D eigenvalue weighted by Crippen LogP contribution is -2.42. The molecule has 0 aromatic heterocycles. The molecular formula is C14H20N2O4S. The van der Waals surface area contributed by atoms with Gasteiger partial charge < -0.3 is 10.1 Å². The highest BCUT2D eigenvalue weighted by atomic mass is 32.2. The van der Waals surface area contributed by atoms with Gasteiger partial charge in [-0.2, -0.15) is 4.31 Å². The van der Waals surface area contributed by atoms with Crippen LogP contribution in [0.2, 0.25) is 0 Å². The van der Waals surface area contributed by atoms with Crippen molar-refractivity contribution in [3.8, 4) is 0 Å².